The molecule has 6 nitrogen and oxygen atoms in total. The van der Waals surface area contributed by atoms with Crippen LogP contribution in [0.3, 0.4) is 0 Å². The summed E-state index contributed by atoms with van der Waals surface area (Å²) in [5, 5.41) is 6.71. The highest BCUT2D eigenvalue weighted by Gasteiger charge is 2.27. The molecule has 0 saturated heterocycles. The van der Waals surface area contributed by atoms with Gasteiger partial charge in [-0.1, -0.05) is 29.4 Å². The molecule has 1 aromatic heterocycles. The first-order valence-corrected chi connectivity index (χ1v) is 7.96. The molecule has 0 spiro atoms. The van der Waals surface area contributed by atoms with Gasteiger partial charge in [-0.25, -0.2) is 0 Å². The molecule has 0 saturated carbocycles. The van der Waals surface area contributed by atoms with E-state index in [0.29, 0.717) is 11.7 Å². The van der Waals surface area contributed by atoms with Gasteiger partial charge in [-0.2, -0.15) is 4.98 Å². The Morgan fingerprint density at radius 2 is 2.04 bits per heavy atom. The minimum atomic E-state index is -0.289. The number of hydrogen-bond acceptors (Lipinski definition) is 5. The molecule has 0 fully saturated rings. The second kappa shape index (κ2) is 6.50. The summed E-state index contributed by atoms with van der Waals surface area (Å²) >= 11 is 0. The Kier molecular flexibility index (Phi) is 4.43. The third-order valence-corrected chi connectivity index (χ3v) is 4.36. The minimum absolute atomic E-state index is 0.0206. The molecule has 1 aliphatic heterocycles. The molecule has 1 aliphatic rings. The van der Waals surface area contributed by atoms with E-state index in [1.807, 2.05) is 19.9 Å². The monoisotopic (exact) mass is 314 g/mol. The van der Waals surface area contributed by atoms with Gasteiger partial charge < -0.3 is 9.84 Å². The standard InChI is InChI=1S/C17H22N4O2/c1-11(17-19-13(3)20-23-17)18-16(22)12(2)21-9-8-14-6-4-5-7-15(14)10-21/h4-7,11-12H,8-10H2,1-3H3,(H,18,22). The molecule has 2 unspecified atom stereocenters. The van der Waals surface area contributed by atoms with Crippen molar-refractivity contribution in [3.05, 3.63) is 47.1 Å². The van der Waals surface area contributed by atoms with E-state index in [-0.39, 0.29) is 18.0 Å². The third kappa shape index (κ3) is 3.42. The van der Waals surface area contributed by atoms with Crippen LogP contribution in [-0.4, -0.2) is 33.5 Å². The molecule has 0 radical (unpaired) electrons. The van der Waals surface area contributed by atoms with Gasteiger partial charge in [0.2, 0.25) is 11.8 Å². The van der Waals surface area contributed by atoms with Crippen molar-refractivity contribution < 1.29 is 9.32 Å². The summed E-state index contributed by atoms with van der Waals surface area (Å²) in [7, 11) is 0. The van der Waals surface area contributed by atoms with Gasteiger partial charge >= 0.3 is 0 Å². The summed E-state index contributed by atoms with van der Waals surface area (Å²) in [4.78, 5) is 18.9. The fraction of sp³-hybridized carbons (Fsp3) is 0.471. The maximum Gasteiger partial charge on any atom is 0.248 e. The largest absolute Gasteiger partial charge is 0.343 e. The number of carbonyl (C=O) groups excluding carboxylic acids is 1. The van der Waals surface area contributed by atoms with Gasteiger partial charge in [0.15, 0.2) is 5.82 Å². The fourth-order valence-electron chi connectivity index (χ4n) is 2.90. The first-order valence-electron chi connectivity index (χ1n) is 7.96. The van der Waals surface area contributed by atoms with Gasteiger partial charge in [0.05, 0.1) is 6.04 Å². The van der Waals surface area contributed by atoms with Crippen LogP contribution in [0.2, 0.25) is 0 Å². The number of nitrogens with one attached hydrogen (secondary N) is 1. The van der Waals surface area contributed by atoms with E-state index in [9.17, 15) is 4.79 Å². The average Bonchev–Trinajstić information content (AvgIpc) is 3.00. The van der Waals surface area contributed by atoms with Crippen LogP contribution in [0.25, 0.3) is 0 Å². The van der Waals surface area contributed by atoms with Gasteiger partial charge in [-0.15, -0.1) is 0 Å². The Balaban J connectivity index is 1.62. The predicted molar refractivity (Wildman–Crippen MR) is 85.6 cm³/mol. The molecule has 3 rings (SSSR count). The van der Waals surface area contributed by atoms with Crippen molar-refractivity contribution in [2.45, 2.75) is 45.8 Å². The molecule has 23 heavy (non-hydrogen) atoms. The van der Waals surface area contributed by atoms with Crippen molar-refractivity contribution in [3.8, 4) is 0 Å². The molecule has 1 N–H and O–H groups in total. The Labute approximate surface area is 135 Å². The number of rotatable bonds is 4. The number of aromatic nitrogens is 2. The van der Waals surface area contributed by atoms with Crippen molar-refractivity contribution >= 4 is 5.91 Å². The molecular formula is C17H22N4O2. The molecule has 122 valence electrons. The molecule has 6 heteroatoms. The lowest BCUT2D eigenvalue weighted by molar-refractivity contribution is -0.127. The third-order valence-electron chi connectivity index (χ3n) is 4.36. The summed E-state index contributed by atoms with van der Waals surface area (Å²) in [6, 6.07) is 7.93. The van der Waals surface area contributed by atoms with Gasteiger partial charge in [-0.05, 0) is 38.3 Å². The zero-order chi connectivity index (χ0) is 16.4. The second-order valence-electron chi connectivity index (χ2n) is 6.08. The van der Waals surface area contributed by atoms with E-state index >= 15 is 0 Å². The van der Waals surface area contributed by atoms with Gasteiger partial charge in [-0.3, -0.25) is 9.69 Å². The molecule has 0 aliphatic carbocycles. The smallest absolute Gasteiger partial charge is 0.248 e. The Morgan fingerprint density at radius 3 is 2.74 bits per heavy atom. The normalized spacial score (nSPS) is 17.3. The summed E-state index contributed by atoms with van der Waals surface area (Å²) < 4.78 is 5.11. The van der Waals surface area contributed by atoms with Gasteiger partial charge in [0.1, 0.15) is 6.04 Å². The van der Waals surface area contributed by atoms with E-state index in [2.05, 4.69) is 38.6 Å². The van der Waals surface area contributed by atoms with E-state index < -0.39 is 0 Å². The van der Waals surface area contributed by atoms with Crippen LogP contribution in [0.15, 0.2) is 28.8 Å². The molecule has 0 bridgehead atoms. The van der Waals surface area contributed by atoms with Gasteiger partial charge in [0.25, 0.3) is 0 Å². The summed E-state index contributed by atoms with van der Waals surface area (Å²) in [6.45, 7) is 7.24. The Bertz CT molecular complexity index is 697. The number of carbonyl (C=O) groups is 1. The van der Waals surface area contributed by atoms with E-state index in [1.54, 1.807) is 6.92 Å². The van der Waals surface area contributed by atoms with Crippen molar-refractivity contribution in [1.29, 1.82) is 0 Å². The summed E-state index contributed by atoms with van der Waals surface area (Å²) in [6.07, 6.45) is 0.978. The van der Waals surface area contributed by atoms with Crippen LogP contribution in [0.5, 0.6) is 0 Å². The van der Waals surface area contributed by atoms with Crippen molar-refractivity contribution in [3.63, 3.8) is 0 Å². The number of benzene rings is 1. The van der Waals surface area contributed by atoms with Crippen LogP contribution >= 0.6 is 0 Å². The number of hydrogen-bond donors (Lipinski definition) is 1. The molecule has 1 amide bonds. The molecule has 2 atom stereocenters. The summed E-state index contributed by atoms with van der Waals surface area (Å²) in [5.74, 6) is 0.988. The minimum Gasteiger partial charge on any atom is -0.343 e. The maximum absolute atomic E-state index is 12.5. The zero-order valence-corrected chi connectivity index (χ0v) is 13.7. The van der Waals surface area contributed by atoms with Crippen LogP contribution < -0.4 is 5.32 Å². The number of amides is 1. The highest BCUT2D eigenvalue weighted by atomic mass is 16.5. The van der Waals surface area contributed by atoms with Crippen molar-refractivity contribution in [1.82, 2.24) is 20.4 Å². The van der Waals surface area contributed by atoms with E-state index in [0.717, 1.165) is 19.5 Å². The quantitative estimate of drug-likeness (QED) is 0.934. The van der Waals surface area contributed by atoms with E-state index in [4.69, 9.17) is 4.52 Å². The SMILES string of the molecule is Cc1noc(C(C)NC(=O)C(C)N2CCc3ccccc3C2)n1. The van der Waals surface area contributed by atoms with Crippen LogP contribution in [0.4, 0.5) is 0 Å². The number of aryl methyl sites for hydroxylation is 1. The summed E-state index contributed by atoms with van der Waals surface area (Å²) in [5.41, 5.74) is 2.69. The lowest BCUT2D eigenvalue weighted by Gasteiger charge is -2.33. The first kappa shape index (κ1) is 15.7. The first-order chi connectivity index (χ1) is 11.0. The highest BCUT2D eigenvalue weighted by Crippen LogP contribution is 2.20. The molecule has 1 aromatic carbocycles. The van der Waals surface area contributed by atoms with E-state index in [1.165, 1.54) is 11.1 Å². The lowest BCUT2D eigenvalue weighted by Crippen LogP contribution is -2.47. The van der Waals surface area contributed by atoms with Crippen molar-refractivity contribution in [2.24, 2.45) is 0 Å². The average molecular weight is 314 g/mol. The van der Waals surface area contributed by atoms with Crippen LogP contribution in [-0.2, 0) is 17.8 Å². The lowest BCUT2D eigenvalue weighted by atomic mass is 9.98. The van der Waals surface area contributed by atoms with Crippen molar-refractivity contribution in [2.75, 3.05) is 6.54 Å². The number of fused-ring (bicyclic) bond motifs is 1. The highest BCUT2D eigenvalue weighted by molar-refractivity contribution is 5.81. The fourth-order valence-corrected chi connectivity index (χ4v) is 2.90. The molecular weight excluding hydrogens is 292 g/mol. The molecule has 2 heterocycles. The topological polar surface area (TPSA) is 71.3 Å². The molecule has 2 aromatic rings. The Morgan fingerprint density at radius 1 is 1.30 bits per heavy atom. The zero-order valence-electron chi connectivity index (χ0n) is 13.7. The van der Waals surface area contributed by atoms with Crippen LogP contribution in [0.1, 0.15) is 42.7 Å². The number of nitrogens with zero attached hydrogens (tertiary/aromatic N) is 3. The van der Waals surface area contributed by atoms with Gasteiger partial charge in [0, 0.05) is 13.1 Å². The maximum atomic E-state index is 12.5. The predicted octanol–water partition coefficient (Wildman–Crippen LogP) is 2.00. The second-order valence-corrected chi connectivity index (χ2v) is 6.08. The Hall–Kier alpha value is -2.21. The van der Waals surface area contributed by atoms with Crippen LogP contribution in [0, 0.1) is 6.92 Å².